The summed E-state index contributed by atoms with van der Waals surface area (Å²) < 4.78 is 0. The molecular formula is C15H22O2S2. The fraction of sp³-hybridized carbons (Fsp3) is 0.533. The minimum absolute atomic E-state index is 0.338. The minimum Gasteiger partial charge on any atom is -0.481 e. The number of carboxylic acids is 1. The van der Waals surface area contributed by atoms with Crippen LogP contribution in [0.2, 0.25) is 0 Å². The lowest BCUT2D eigenvalue weighted by Crippen LogP contribution is -1.99. The van der Waals surface area contributed by atoms with Crippen LogP contribution in [0.1, 0.15) is 37.7 Å². The summed E-state index contributed by atoms with van der Waals surface area (Å²) in [5.41, 5.74) is 1.32. The van der Waals surface area contributed by atoms with E-state index in [-0.39, 0.29) is 0 Å². The van der Waals surface area contributed by atoms with Crippen molar-refractivity contribution in [3.8, 4) is 0 Å². The Hall–Kier alpha value is -0.610. The number of hydrogen-bond donors (Lipinski definition) is 1. The molecule has 1 N–H and O–H groups in total. The molecule has 1 aromatic carbocycles. The quantitative estimate of drug-likeness (QED) is 0.627. The second-order valence-corrected chi connectivity index (χ2v) is 7.41. The van der Waals surface area contributed by atoms with E-state index in [2.05, 4.69) is 19.1 Å². The Kier molecular flexibility index (Phi) is 8.84. The molecule has 1 aliphatic rings. The standard InChI is InChI=1S/C8H14O2S2.C7H8/c9-8(10)4-2-1-3-7-5-6-11-12-7;1-7-5-3-2-4-6-7/h7H,1-6H2,(H,9,10);2-6H,1H3. The van der Waals surface area contributed by atoms with Gasteiger partial charge in [0.15, 0.2) is 0 Å². The molecule has 0 bridgehead atoms. The number of unbranched alkanes of at least 4 members (excludes halogenated alkanes) is 1. The smallest absolute Gasteiger partial charge is 0.303 e. The van der Waals surface area contributed by atoms with Crippen LogP contribution in [0.3, 0.4) is 0 Å². The first-order valence-corrected chi connectivity index (χ1v) is 9.08. The van der Waals surface area contributed by atoms with Crippen LogP contribution in [0, 0.1) is 6.92 Å². The summed E-state index contributed by atoms with van der Waals surface area (Å²) in [5.74, 6) is 0.609. The van der Waals surface area contributed by atoms with Crippen LogP contribution < -0.4 is 0 Å². The third kappa shape index (κ3) is 9.00. The average Bonchev–Trinajstić information content (AvgIpc) is 2.89. The highest BCUT2D eigenvalue weighted by atomic mass is 33.1. The molecule has 0 aliphatic carbocycles. The van der Waals surface area contributed by atoms with Crippen LogP contribution in [0.5, 0.6) is 0 Å². The highest BCUT2D eigenvalue weighted by molar-refractivity contribution is 8.77. The zero-order chi connectivity index (χ0) is 13.9. The highest BCUT2D eigenvalue weighted by Crippen LogP contribution is 2.39. The van der Waals surface area contributed by atoms with Gasteiger partial charge in [-0.2, -0.15) is 0 Å². The summed E-state index contributed by atoms with van der Waals surface area (Å²) >= 11 is 0. The first-order valence-electron chi connectivity index (χ1n) is 6.70. The number of hydrogen-bond acceptors (Lipinski definition) is 3. The van der Waals surface area contributed by atoms with Crippen molar-refractivity contribution >= 4 is 27.6 Å². The maximum Gasteiger partial charge on any atom is 0.303 e. The van der Waals surface area contributed by atoms with Gasteiger partial charge >= 0.3 is 5.97 Å². The van der Waals surface area contributed by atoms with Gasteiger partial charge in [0, 0.05) is 17.4 Å². The molecule has 1 atom stereocenters. The van der Waals surface area contributed by atoms with E-state index in [1.165, 1.54) is 24.2 Å². The summed E-state index contributed by atoms with van der Waals surface area (Å²) in [7, 11) is 3.92. The zero-order valence-corrected chi connectivity index (χ0v) is 13.0. The Balaban J connectivity index is 0.000000218. The molecule has 1 aliphatic heterocycles. The second-order valence-electron chi connectivity index (χ2n) is 4.62. The highest BCUT2D eigenvalue weighted by Gasteiger charge is 2.15. The topological polar surface area (TPSA) is 37.3 Å². The lowest BCUT2D eigenvalue weighted by Gasteiger charge is -2.04. The monoisotopic (exact) mass is 298 g/mol. The Morgan fingerprint density at radius 2 is 2.05 bits per heavy atom. The third-order valence-electron chi connectivity index (χ3n) is 2.83. The third-order valence-corrected chi connectivity index (χ3v) is 5.84. The molecule has 0 spiro atoms. The van der Waals surface area contributed by atoms with Gasteiger partial charge in [0.05, 0.1) is 0 Å². The molecule has 1 aromatic rings. The van der Waals surface area contributed by atoms with Gasteiger partial charge in [-0.25, -0.2) is 0 Å². The molecular weight excluding hydrogens is 276 g/mol. The van der Waals surface area contributed by atoms with E-state index in [4.69, 9.17) is 5.11 Å². The summed E-state index contributed by atoms with van der Waals surface area (Å²) in [6, 6.07) is 10.3. The van der Waals surface area contributed by atoms with Crippen LogP contribution in [0.4, 0.5) is 0 Å². The molecule has 1 heterocycles. The lowest BCUT2D eigenvalue weighted by molar-refractivity contribution is -0.137. The first-order chi connectivity index (χ1) is 9.18. The predicted octanol–water partition coefficient (Wildman–Crippen LogP) is 4.78. The van der Waals surface area contributed by atoms with Gasteiger partial charge in [0.25, 0.3) is 0 Å². The molecule has 19 heavy (non-hydrogen) atoms. The molecule has 1 fully saturated rings. The molecule has 0 saturated carbocycles. The van der Waals surface area contributed by atoms with Gasteiger partial charge in [0.1, 0.15) is 0 Å². The van der Waals surface area contributed by atoms with Crippen LogP contribution in [0.25, 0.3) is 0 Å². The largest absolute Gasteiger partial charge is 0.481 e. The van der Waals surface area contributed by atoms with Crippen molar-refractivity contribution in [2.24, 2.45) is 0 Å². The maximum absolute atomic E-state index is 10.2. The van der Waals surface area contributed by atoms with Gasteiger partial charge in [-0.15, -0.1) is 0 Å². The summed E-state index contributed by atoms with van der Waals surface area (Å²) in [4.78, 5) is 10.2. The van der Waals surface area contributed by atoms with Gasteiger partial charge in [-0.05, 0) is 26.2 Å². The summed E-state index contributed by atoms with van der Waals surface area (Å²) in [6.07, 6.45) is 4.76. The minimum atomic E-state index is -0.663. The van der Waals surface area contributed by atoms with E-state index in [9.17, 15) is 4.79 Å². The number of aryl methyl sites for hydroxylation is 1. The normalized spacial score (nSPS) is 17.6. The van der Waals surface area contributed by atoms with Crippen molar-refractivity contribution in [3.05, 3.63) is 35.9 Å². The molecule has 0 aromatic heterocycles. The van der Waals surface area contributed by atoms with E-state index in [1.54, 1.807) is 0 Å². The van der Waals surface area contributed by atoms with Crippen molar-refractivity contribution < 1.29 is 9.90 Å². The van der Waals surface area contributed by atoms with Crippen molar-refractivity contribution in [1.82, 2.24) is 0 Å². The molecule has 0 amide bonds. The number of rotatable bonds is 5. The van der Waals surface area contributed by atoms with E-state index in [0.717, 1.165) is 18.1 Å². The molecule has 2 nitrogen and oxygen atoms in total. The van der Waals surface area contributed by atoms with Crippen molar-refractivity contribution in [1.29, 1.82) is 0 Å². The number of benzene rings is 1. The molecule has 2 rings (SSSR count). The Labute approximate surface area is 123 Å². The fourth-order valence-corrected chi connectivity index (χ4v) is 4.77. The van der Waals surface area contributed by atoms with Crippen LogP contribution >= 0.6 is 21.6 Å². The van der Waals surface area contributed by atoms with Crippen LogP contribution in [0.15, 0.2) is 30.3 Å². The molecule has 106 valence electrons. The SMILES string of the molecule is Cc1ccccc1.O=C(O)CCCCC1CCSS1. The van der Waals surface area contributed by atoms with Crippen molar-refractivity contribution in [2.75, 3.05) is 5.75 Å². The van der Waals surface area contributed by atoms with Crippen molar-refractivity contribution in [3.63, 3.8) is 0 Å². The number of carboxylic acid groups (broad SMARTS) is 1. The maximum atomic E-state index is 10.2. The van der Waals surface area contributed by atoms with E-state index in [1.807, 2.05) is 39.8 Å². The van der Waals surface area contributed by atoms with E-state index in [0.29, 0.717) is 6.42 Å². The fourth-order valence-electron chi connectivity index (χ4n) is 1.75. The van der Waals surface area contributed by atoms with Gasteiger partial charge in [0.2, 0.25) is 0 Å². The average molecular weight is 298 g/mol. The Morgan fingerprint density at radius 3 is 2.53 bits per heavy atom. The van der Waals surface area contributed by atoms with Crippen LogP contribution in [-0.2, 0) is 4.79 Å². The zero-order valence-electron chi connectivity index (χ0n) is 11.4. The lowest BCUT2D eigenvalue weighted by atomic mass is 10.1. The Morgan fingerprint density at radius 1 is 1.32 bits per heavy atom. The van der Waals surface area contributed by atoms with Crippen molar-refractivity contribution in [2.45, 2.75) is 44.3 Å². The van der Waals surface area contributed by atoms with Gasteiger partial charge in [-0.1, -0.05) is 63.9 Å². The van der Waals surface area contributed by atoms with Gasteiger partial charge < -0.3 is 5.11 Å². The molecule has 1 saturated heterocycles. The molecule has 0 radical (unpaired) electrons. The Bertz CT molecular complexity index is 348. The molecule has 1 unspecified atom stereocenters. The van der Waals surface area contributed by atoms with E-state index >= 15 is 0 Å². The summed E-state index contributed by atoms with van der Waals surface area (Å²) in [5, 5.41) is 9.19. The number of aliphatic carboxylic acids is 1. The van der Waals surface area contributed by atoms with Crippen LogP contribution in [-0.4, -0.2) is 22.1 Å². The second kappa shape index (κ2) is 10.2. The predicted molar refractivity (Wildman–Crippen MR) is 85.7 cm³/mol. The van der Waals surface area contributed by atoms with Gasteiger partial charge in [-0.3, -0.25) is 4.79 Å². The van der Waals surface area contributed by atoms with E-state index < -0.39 is 5.97 Å². The number of carbonyl (C=O) groups is 1. The first kappa shape index (κ1) is 16.4. The summed E-state index contributed by atoms with van der Waals surface area (Å²) in [6.45, 7) is 2.08. The molecule has 4 heteroatoms.